The smallest absolute Gasteiger partial charge is 0.321 e. The van der Waals surface area contributed by atoms with Gasteiger partial charge in [-0.15, -0.1) is 0 Å². The Kier molecular flexibility index (Phi) is 6.34. The van der Waals surface area contributed by atoms with Crippen molar-refractivity contribution in [3.63, 3.8) is 0 Å². The summed E-state index contributed by atoms with van der Waals surface area (Å²) in [6.45, 7) is 2.16. The van der Waals surface area contributed by atoms with Gasteiger partial charge in [-0.1, -0.05) is 49.7 Å². The van der Waals surface area contributed by atoms with Gasteiger partial charge in [0.15, 0.2) is 0 Å². The first-order chi connectivity index (χ1) is 11.0. The SMILES string of the molecule is CCCCOP(=O)(OP(=O)(O)c1ccccc1)c1ccccc1. The number of hydrogen-bond donors (Lipinski definition) is 1. The van der Waals surface area contributed by atoms with E-state index in [1.54, 1.807) is 48.5 Å². The molecule has 0 aliphatic rings. The molecule has 1 N–H and O–H groups in total. The zero-order chi connectivity index (χ0) is 16.8. The average Bonchev–Trinajstić information content (AvgIpc) is 2.56. The quantitative estimate of drug-likeness (QED) is 0.576. The molecule has 0 radical (unpaired) electrons. The van der Waals surface area contributed by atoms with Crippen molar-refractivity contribution in [1.82, 2.24) is 0 Å². The highest BCUT2D eigenvalue weighted by molar-refractivity contribution is 7.74. The van der Waals surface area contributed by atoms with E-state index >= 15 is 0 Å². The largest absolute Gasteiger partial charge is 0.368 e. The predicted octanol–water partition coefficient (Wildman–Crippen LogP) is 3.85. The van der Waals surface area contributed by atoms with Crippen LogP contribution >= 0.6 is 15.2 Å². The van der Waals surface area contributed by atoms with Gasteiger partial charge in [0.2, 0.25) is 0 Å². The summed E-state index contributed by atoms with van der Waals surface area (Å²) in [7, 11) is -8.17. The molecule has 2 unspecified atom stereocenters. The van der Waals surface area contributed by atoms with Crippen molar-refractivity contribution in [2.24, 2.45) is 0 Å². The average molecular weight is 354 g/mol. The van der Waals surface area contributed by atoms with Crippen LogP contribution in [-0.4, -0.2) is 11.5 Å². The third-order valence-corrected chi connectivity index (χ3v) is 7.28. The Bertz CT molecular complexity index is 703. The van der Waals surface area contributed by atoms with Crippen LogP contribution in [-0.2, 0) is 18.0 Å². The molecule has 0 spiro atoms. The fourth-order valence-electron chi connectivity index (χ4n) is 1.89. The lowest BCUT2D eigenvalue weighted by atomic mass is 10.4. The van der Waals surface area contributed by atoms with E-state index in [0.29, 0.717) is 6.42 Å². The molecule has 124 valence electrons. The highest BCUT2D eigenvalue weighted by atomic mass is 31.3. The van der Waals surface area contributed by atoms with E-state index in [2.05, 4.69) is 0 Å². The molecule has 0 aliphatic heterocycles. The number of hydrogen-bond acceptors (Lipinski definition) is 4. The van der Waals surface area contributed by atoms with Crippen molar-refractivity contribution in [1.29, 1.82) is 0 Å². The van der Waals surface area contributed by atoms with E-state index < -0.39 is 15.2 Å². The Labute approximate surface area is 136 Å². The van der Waals surface area contributed by atoms with E-state index in [0.717, 1.165) is 6.42 Å². The topological polar surface area (TPSA) is 72.8 Å². The minimum Gasteiger partial charge on any atom is -0.321 e. The molecule has 2 rings (SSSR count). The van der Waals surface area contributed by atoms with E-state index in [4.69, 9.17) is 8.83 Å². The highest BCUT2D eigenvalue weighted by Gasteiger charge is 2.37. The van der Waals surface area contributed by atoms with Gasteiger partial charge in [-0.2, -0.15) is 0 Å². The second-order valence-corrected chi connectivity index (χ2v) is 8.94. The molecule has 0 bridgehead atoms. The molecule has 0 saturated carbocycles. The van der Waals surface area contributed by atoms with E-state index in [1.165, 1.54) is 12.1 Å². The first kappa shape index (κ1) is 18.1. The molecule has 2 atom stereocenters. The van der Waals surface area contributed by atoms with Crippen LogP contribution in [0, 0.1) is 0 Å². The van der Waals surface area contributed by atoms with Crippen LogP contribution < -0.4 is 10.6 Å². The van der Waals surface area contributed by atoms with Gasteiger partial charge in [0.05, 0.1) is 17.2 Å². The summed E-state index contributed by atoms with van der Waals surface area (Å²) in [5.74, 6) is 0. The fraction of sp³-hybridized carbons (Fsp3) is 0.250. The highest BCUT2D eigenvalue weighted by Crippen LogP contribution is 2.60. The molecular formula is C16H20O5P2. The maximum atomic E-state index is 13.1. The van der Waals surface area contributed by atoms with Crippen LogP contribution in [0.1, 0.15) is 19.8 Å². The number of benzene rings is 2. The molecule has 0 heterocycles. The first-order valence-electron chi connectivity index (χ1n) is 7.38. The molecule has 2 aromatic carbocycles. The van der Waals surface area contributed by atoms with Crippen LogP contribution in [0.25, 0.3) is 0 Å². The zero-order valence-electron chi connectivity index (χ0n) is 12.9. The van der Waals surface area contributed by atoms with Crippen LogP contribution in [0.4, 0.5) is 0 Å². The summed E-state index contributed by atoms with van der Waals surface area (Å²) in [6, 6.07) is 16.1. The van der Waals surface area contributed by atoms with Gasteiger partial charge in [0, 0.05) is 0 Å². The van der Waals surface area contributed by atoms with Crippen molar-refractivity contribution in [3.8, 4) is 0 Å². The summed E-state index contributed by atoms with van der Waals surface area (Å²) >= 11 is 0. The predicted molar refractivity (Wildman–Crippen MR) is 91.5 cm³/mol. The van der Waals surface area contributed by atoms with Gasteiger partial charge in [-0.05, 0) is 30.7 Å². The fourth-order valence-corrected chi connectivity index (χ4v) is 5.61. The van der Waals surface area contributed by atoms with Gasteiger partial charge >= 0.3 is 15.2 Å². The van der Waals surface area contributed by atoms with E-state index in [1.807, 2.05) is 6.92 Å². The molecule has 0 aromatic heterocycles. The molecule has 0 saturated heterocycles. The molecule has 7 heteroatoms. The van der Waals surface area contributed by atoms with Gasteiger partial charge in [0.25, 0.3) is 0 Å². The molecule has 0 fully saturated rings. The number of unbranched alkanes of at least 4 members (excludes halogenated alkanes) is 1. The summed E-state index contributed by atoms with van der Waals surface area (Å²) in [5, 5.41) is 0.344. The van der Waals surface area contributed by atoms with Crippen molar-refractivity contribution >= 4 is 25.8 Å². The Morgan fingerprint density at radius 2 is 1.43 bits per heavy atom. The Balaban J connectivity index is 2.31. The summed E-state index contributed by atoms with van der Waals surface area (Å²) in [6.07, 6.45) is 1.53. The summed E-state index contributed by atoms with van der Waals surface area (Å²) in [4.78, 5) is 10.2. The van der Waals surface area contributed by atoms with Gasteiger partial charge in [-0.3, -0.25) is 9.13 Å². The maximum Gasteiger partial charge on any atom is 0.368 e. The maximum absolute atomic E-state index is 13.1. The lowest BCUT2D eigenvalue weighted by Gasteiger charge is -2.21. The van der Waals surface area contributed by atoms with E-state index in [-0.39, 0.29) is 17.2 Å². The summed E-state index contributed by atoms with van der Waals surface area (Å²) in [5.41, 5.74) is 0. The van der Waals surface area contributed by atoms with Crippen molar-refractivity contribution in [2.45, 2.75) is 19.8 Å². The minimum absolute atomic E-state index is 0.0789. The van der Waals surface area contributed by atoms with Crippen LogP contribution in [0.15, 0.2) is 60.7 Å². The second-order valence-electron chi connectivity index (χ2n) is 4.96. The monoisotopic (exact) mass is 354 g/mol. The Morgan fingerprint density at radius 3 is 1.96 bits per heavy atom. The van der Waals surface area contributed by atoms with Crippen molar-refractivity contribution < 1.29 is 22.9 Å². The summed E-state index contributed by atoms with van der Waals surface area (Å²) < 4.78 is 36.2. The van der Waals surface area contributed by atoms with Crippen LogP contribution in [0.5, 0.6) is 0 Å². The third-order valence-electron chi connectivity index (χ3n) is 3.13. The molecule has 0 amide bonds. The third kappa shape index (κ3) is 4.87. The second kappa shape index (κ2) is 8.05. The molecule has 23 heavy (non-hydrogen) atoms. The number of rotatable bonds is 8. The molecule has 0 aliphatic carbocycles. The van der Waals surface area contributed by atoms with Crippen molar-refractivity contribution in [2.75, 3.05) is 6.61 Å². The van der Waals surface area contributed by atoms with Crippen LogP contribution in [0.3, 0.4) is 0 Å². The Hall–Kier alpha value is -1.22. The van der Waals surface area contributed by atoms with Gasteiger partial charge < -0.3 is 9.42 Å². The minimum atomic E-state index is -4.27. The van der Waals surface area contributed by atoms with E-state index in [9.17, 15) is 14.0 Å². The normalized spacial score (nSPS) is 16.4. The van der Waals surface area contributed by atoms with Crippen LogP contribution in [0.2, 0.25) is 0 Å². The molecule has 5 nitrogen and oxygen atoms in total. The lowest BCUT2D eigenvalue weighted by molar-refractivity contribution is 0.260. The zero-order valence-corrected chi connectivity index (χ0v) is 14.7. The van der Waals surface area contributed by atoms with Gasteiger partial charge in [0.1, 0.15) is 0 Å². The first-order valence-corrected chi connectivity index (χ1v) is 10.5. The Morgan fingerprint density at radius 1 is 0.913 bits per heavy atom. The van der Waals surface area contributed by atoms with Gasteiger partial charge in [-0.25, -0.2) is 4.31 Å². The standard InChI is InChI=1S/C16H20O5P2/c1-2-3-14-20-23(19,16-12-8-5-9-13-16)21-22(17,18)15-10-6-4-7-11-15/h4-13H,2-3,14H2,1H3,(H,17,18). The van der Waals surface area contributed by atoms with Crippen molar-refractivity contribution in [3.05, 3.63) is 60.7 Å². The molecular weight excluding hydrogens is 334 g/mol. The lowest BCUT2D eigenvalue weighted by Crippen LogP contribution is -2.13. The molecule has 2 aromatic rings.